The van der Waals surface area contributed by atoms with Crippen molar-refractivity contribution in [1.82, 2.24) is 10.3 Å². The van der Waals surface area contributed by atoms with Gasteiger partial charge in [-0.05, 0) is 19.1 Å². The number of nitrogens with zero attached hydrogens (tertiary/aromatic N) is 1. The molecule has 0 aliphatic rings. The number of alkyl halides is 1. The highest BCUT2D eigenvalue weighted by molar-refractivity contribution is 9.10. The Bertz CT molecular complexity index is 476. The van der Waals surface area contributed by atoms with Crippen LogP contribution in [0.2, 0.25) is 0 Å². The lowest BCUT2D eigenvalue weighted by Gasteiger charge is -2.03. The maximum atomic E-state index is 11.4. The van der Waals surface area contributed by atoms with Gasteiger partial charge in [0.15, 0.2) is 0 Å². The number of fused-ring (bicyclic) bond motifs is 1. The monoisotopic (exact) mass is 298 g/mol. The number of carbonyl (C=O) groups excluding carboxylic acids is 1. The SMILES string of the molecule is CC(Br)C(=O)NCc1nc2ccccc2s1. The van der Waals surface area contributed by atoms with Crippen molar-refractivity contribution in [3.63, 3.8) is 0 Å². The molecule has 5 heteroatoms. The van der Waals surface area contributed by atoms with Gasteiger partial charge in [0.1, 0.15) is 5.01 Å². The summed E-state index contributed by atoms with van der Waals surface area (Å²) in [6.45, 7) is 2.29. The molecule has 1 atom stereocenters. The molecule has 0 radical (unpaired) electrons. The highest BCUT2D eigenvalue weighted by Gasteiger charge is 2.09. The van der Waals surface area contributed by atoms with Gasteiger partial charge in [-0.15, -0.1) is 11.3 Å². The molecule has 2 rings (SSSR count). The molecule has 0 spiro atoms. The predicted octanol–water partition coefficient (Wildman–Crippen LogP) is 2.70. The number of carbonyl (C=O) groups is 1. The van der Waals surface area contributed by atoms with Crippen LogP contribution in [-0.2, 0) is 11.3 Å². The highest BCUT2D eigenvalue weighted by Crippen LogP contribution is 2.21. The summed E-state index contributed by atoms with van der Waals surface area (Å²) in [5, 5.41) is 3.75. The Hall–Kier alpha value is -0.940. The summed E-state index contributed by atoms with van der Waals surface area (Å²) in [4.78, 5) is 15.6. The van der Waals surface area contributed by atoms with Gasteiger partial charge in [0.05, 0.1) is 21.6 Å². The fourth-order valence-corrected chi connectivity index (χ4v) is 2.37. The summed E-state index contributed by atoms with van der Waals surface area (Å²) in [5.41, 5.74) is 0.989. The van der Waals surface area contributed by atoms with Crippen molar-refractivity contribution >= 4 is 43.4 Å². The van der Waals surface area contributed by atoms with E-state index in [4.69, 9.17) is 0 Å². The topological polar surface area (TPSA) is 42.0 Å². The molecule has 1 aromatic carbocycles. The molecular weight excluding hydrogens is 288 g/mol. The predicted molar refractivity (Wildman–Crippen MR) is 69.9 cm³/mol. The van der Waals surface area contributed by atoms with Crippen LogP contribution < -0.4 is 5.32 Å². The number of thiazole rings is 1. The van der Waals surface area contributed by atoms with Gasteiger partial charge in [0, 0.05) is 0 Å². The van der Waals surface area contributed by atoms with Crippen molar-refractivity contribution < 1.29 is 4.79 Å². The van der Waals surface area contributed by atoms with Crippen molar-refractivity contribution in [2.75, 3.05) is 0 Å². The molecule has 1 N–H and O–H groups in total. The Labute approximate surface area is 106 Å². The van der Waals surface area contributed by atoms with E-state index in [1.165, 1.54) is 0 Å². The summed E-state index contributed by atoms with van der Waals surface area (Å²) in [6.07, 6.45) is 0. The third-order valence-electron chi connectivity index (χ3n) is 2.11. The van der Waals surface area contributed by atoms with Gasteiger partial charge in [-0.3, -0.25) is 4.79 Å². The first kappa shape index (κ1) is 11.5. The smallest absolute Gasteiger partial charge is 0.233 e. The van der Waals surface area contributed by atoms with Crippen LogP contribution in [0.5, 0.6) is 0 Å². The van der Waals surface area contributed by atoms with Gasteiger partial charge >= 0.3 is 0 Å². The Morgan fingerprint density at radius 3 is 3.00 bits per heavy atom. The number of halogens is 1. The van der Waals surface area contributed by atoms with Crippen molar-refractivity contribution in [3.05, 3.63) is 29.3 Å². The lowest BCUT2D eigenvalue weighted by Crippen LogP contribution is -2.28. The van der Waals surface area contributed by atoms with Crippen molar-refractivity contribution in [2.45, 2.75) is 18.3 Å². The van der Waals surface area contributed by atoms with Crippen molar-refractivity contribution in [1.29, 1.82) is 0 Å². The van der Waals surface area contributed by atoms with Crippen LogP contribution in [-0.4, -0.2) is 15.7 Å². The third-order valence-corrected chi connectivity index (χ3v) is 3.57. The van der Waals surface area contributed by atoms with Gasteiger partial charge in [0.2, 0.25) is 5.91 Å². The van der Waals surface area contributed by atoms with E-state index in [1.54, 1.807) is 18.3 Å². The van der Waals surface area contributed by atoms with Crippen molar-refractivity contribution in [3.8, 4) is 0 Å². The third kappa shape index (κ3) is 2.59. The molecule has 1 aromatic heterocycles. The maximum Gasteiger partial charge on any atom is 0.233 e. The minimum atomic E-state index is -0.165. The van der Waals surface area contributed by atoms with Crippen LogP contribution in [0.25, 0.3) is 10.2 Å². The number of hydrogen-bond donors (Lipinski definition) is 1. The second kappa shape index (κ2) is 4.93. The highest BCUT2D eigenvalue weighted by atomic mass is 79.9. The first-order valence-electron chi connectivity index (χ1n) is 4.93. The average Bonchev–Trinajstić information content (AvgIpc) is 2.68. The average molecular weight is 299 g/mol. The number of amides is 1. The minimum absolute atomic E-state index is 0.0146. The first-order chi connectivity index (χ1) is 7.66. The second-order valence-electron chi connectivity index (χ2n) is 3.41. The summed E-state index contributed by atoms with van der Waals surface area (Å²) in [5.74, 6) is -0.0146. The Balaban J connectivity index is 2.07. The lowest BCUT2D eigenvalue weighted by molar-refractivity contribution is -0.120. The van der Waals surface area contributed by atoms with Gasteiger partial charge in [-0.1, -0.05) is 28.1 Å². The normalized spacial score (nSPS) is 12.6. The summed E-state index contributed by atoms with van der Waals surface area (Å²) in [6, 6.07) is 7.96. The van der Waals surface area contributed by atoms with E-state index < -0.39 is 0 Å². The van der Waals surface area contributed by atoms with Crippen LogP contribution in [0.4, 0.5) is 0 Å². The summed E-state index contributed by atoms with van der Waals surface area (Å²) >= 11 is 4.83. The van der Waals surface area contributed by atoms with Gasteiger partial charge in [-0.2, -0.15) is 0 Å². The molecule has 1 heterocycles. The lowest BCUT2D eigenvalue weighted by atomic mass is 10.3. The van der Waals surface area contributed by atoms with Gasteiger partial charge in [-0.25, -0.2) is 4.98 Å². The summed E-state index contributed by atoms with van der Waals surface area (Å²) < 4.78 is 1.15. The molecule has 0 saturated carbocycles. The summed E-state index contributed by atoms with van der Waals surface area (Å²) in [7, 11) is 0. The zero-order valence-electron chi connectivity index (χ0n) is 8.74. The van der Waals surface area contributed by atoms with Crippen molar-refractivity contribution in [2.24, 2.45) is 0 Å². The maximum absolute atomic E-state index is 11.4. The van der Waals surface area contributed by atoms with E-state index in [9.17, 15) is 4.79 Å². The number of aromatic nitrogens is 1. The molecule has 84 valence electrons. The van der Waals surface area contributed by atoms with Crippen LogP contribution in [0.15, 0.2) is 24.3 Å². The van der Waals surface area contributed by atoms with Gasteiger partial charge < -0.3 is 5.32 Å². The minimum Gasteiger partial charge on any atom is -0.349 e. The molecule has 2 aromatic rings. The van der Waals surface area contributed by atoms with E-state index in [2.05, 4.69) is 26.2 Å². The first-order valence-corrected chi connectivity index (χ1v) is 6.66. The fourth-order valence-electron chi connectivity index (χ4n) is 1.30. The van der Waals surface area contributed by atoms with E-state index in [1.807, 2.05) is 24.3 Å². The standard InChI is InChI=1S/C11H11BrN2OS/c1-7(12)11(15)13-6-10-14-8-4-2-3-5-9(8)16-10/h2-5,7H,6H2,1H3,(H,13,15). The van der Waals surface area contributed by atoms with Gasteiger partial charge in [0.25, 0.3) is 0 Å². The van der Waals surface area contributed by atoms with E-state index in [-0.39, 0.29) is 10.7 Å². The fraction of sp³-hybridized carbons (Fsp3) is 0.273. The number of rotatable bonds is 3. The zero-order chi connectivity index (χ0) is 11.5. The largest absolute Gasteiger partial charge is 0.349 e. The van der Waals surface area contributed by atoms with E-state index in [0.717, 1.165) is 15.2 Å². The molecule has 0 aliphatic carbocycles. The molecular formula is C11H11BrN2OS. The van der Waals surface area contributed by atoms with Crippen LogP contribution in [0.1, 0.15) is 11.9 Å². The Morgan fingerprint density at radius 1 is 1.56 bits per heavy atom. The van der Waals surface area contributed by atoms with Crippen LogP contribution in [0.3, 0.4) is 0 Å². The molecule has 16 heavy (non-hydrogen) atoms. The van der Waals surface area contributed by atoms with Crippen LogP contribution >= 0.6 is 27.3 Å². The van der Waals surface area contributed by atoms with E-state index >= 15 is 0 Å². The van der Waals surface area contributed by atoms with E-state index in [0.29, 0.717) is 6.54 Å². The zero-order valence-corrected chi connectivity index (χ0v) is 11.1. The molecule has 0 saturated heterocycles. The number of para-hydroxylation sites is 1. The number of nitrogens with one attached hydrogen (secondary N) is 1. The molecule has 0 bridgehead atoms. The molecule has 1 amide bonds. The Morgan fingerprint density at radius 2 is 2.31 bits per heavy atom. The molecule has 0 aliphatic heterocycles. The Kier molecular flexibility index (Phi) is 3.56. The second-order valence-corrected chi connectivity index (χ2v) is 5.90. The number of hydrogen-bond acceptors (Lipinski definition) is 3. The molecule has 3 nitrogen and oxygen atoms in total. The quantitative estimate of drug-likeness (QED) is 0.885. The molecule has 0 fully saturated rings. The number of benzene rings is 1. The van der Waals surface area contributed by atoms with Crippen LogP contribution in [0, 0.1) is 0 Å². The molecule has 1 unspecified atom stereocenters.